The van der Waals surface area contributed by atoms with Crippen molar-refractivity contribution in [1.82, 2.24) is 10.1 Å². The number of aryl methyl sites for hydroxylation is 1. The van der Waals surface area contributed by atoms with Crippen LogP contribution in [0.3, 0.4) is 0 Å². The third kappa shape index (κ3) is 6.76. The first-order chi connectivity index (χ1) is 12.1. The first-order valence-corrected chi connectivity index (χ1v) is 8.13. The number of nitrogens with zero attached hydrogens (tertiary/aromatic N) is 2. The number of benzene rings is 1. The van der Waals surface area contributed by atoms with Gasteiger partial charge in [-0.15, -0.1) is 0 Å². The second-order valence-corrected chi connectivity index (χ2v) is 5.71. The highest BCUT2D eigenvalue weighted by Crippen LogP contribution is 2.09. The fourth-order valence-corrected chi connectivity index (χ4v) is 2.35. The van der Waals surface area contributed by atoms with Gasteiger partial charge >= 0.3 is 5.97 Å². The van der Waals surface area contributed by atoms with Crippen LogP contribution in [0.15, 0.2) is 40.9 Å². The maximum Gasteiger partial charge on any atom is 0.306 e. The molecule has 0 fully saturated rings. The van der Waals surface area contributed by atoms with Crippen LogP contribution in [-0.2, 0) is 20.9 Å². The van der Waals surface area contributed by atoms with Crippen LogP contribution in [0.5, 0.6) is 0 Å². The van der Waals surface area contributed by atoms with Gasteiger partial charge in [-0.2, -0.15) is 0 Å². The van der Waals surface area contributed by atoms with Crippen LogP contribution in [0.4, 0.5) is 5.82 Å². The van der Waals surface area contributed by atoms with E-state index in [1.165, 1.54) is 7.11 Å². The predicted octanol–water partition coefficient (Wildman–Crippen LogP) is 2.38. The standard InChI is InChI=1S/C18H23N3O4/c1-14-12-16(20-25-14)19-17(22)8-10-21(11-9-18(23)24-2)13-15-6-4-3-5-7-15/h3-7,12H,8-11,13H2,1-2H3,(H,19,20,22). The van der Waals surface area contributed by atoms with Gasteiger partial charge in [-0.1, -0.05) is 35.5 Å². The lowest BCUT2D eigenvalue weighted by atomic mass is 10.2. The minimum atomic E-state index is -0.263. The molecule has 2 rings (SSSR count). The molecule has 134 valence electrons. The predicted molar refractivity (Wildman–Crippen MR) is 92.8 cm³/mol. The number of carbonyl (C=O) groups excluding carboxylic acids is 2. The summed E-state index contributed by atoms with van der Waals surface area (Å²) in [4.78, 5) is 25.5. The van der Waals surface area contributed by atoms with Gasteiger partial charge in [0.2, 0.25) is 5.91 Å². The number of amides is 1. The maximum absolute atomic E-state index is 12.1. The monoisotopic (exact) mass is 345 g/mol. The summed E-state index contributed by atoms with van der Waals surface area (Å²) in [6.45, 7) is 3.47. The highest BCUT2D eigenvalue weighted by molar-refractivity contribution is 5.89. The molecule has 0 radical (unpaired) electrons. The Balaban J connectivity index is 1.87. The van der Waals surface area contributed by atoms with E-state index in [-0.39, 0.29) is 18.3 Å². The van der Waals surface area contributed by atoms with Crippen LogP contribution in [0.2, 0.25) is 0 Å². The number of aromatic nitrogens is 1. The van der Waals surface area contributed by atoms with E-state index < -0.39 is 0 Å². The van der Waals surface area contributed by atoms with E-state index in [4.69, 9.17) is 9.26 Å². The summed E-state index contributed by atoms with van der Waals surface area (Å²) in [5, 5.41) is 6.44. The number of nitrogens with one attached hydrogen (secondary N) is 1. The van der Waals surface area contributed by atoms with Crippen molar-refractivity contribution in [3.05, 3.63) is 47.7 Å². The van der Waals surface area contributed by atoms with Crippen LogP contribution in [0.25, 0.3) is 0 Å². The summed E-state index contributed by atoms with van der Waals surface area (Å²) in [5.74, 6) is 0.635. The molecule has 2 aromatic rings. The molecule has 0 bridgehead atoms. The number of rotatable bonds is 9. The van der Waals surface area contributed by atoms with Crippen molar-refractivity contribution in [2.75, 3.05) is 25.5 Å². The molecule has 7 nitrogen and oxygen atoms in total. The van der Waals surface area contributed by atoms with E-state index in [2.05, 4.69) is 15.4 Å². The van der Waals surface area contributed by atoms with Crippen molar-refractivity contribution in [2.24, 2.45) is 0 Å². The Morgan fingerprint density at radius 3 is 2.56 bits per heavy atom. The molecule has 1 heterocycles. The molecule has 1 N–H and O–H groups in total. The molecule has 0 unspecified atom stereocenters. The molecule has 0 aliphatic heterocycles. The fraction of sp³-hybridized carbons (Fsp3) is 0.389. The summed E-state index contributed by atoms with van der Waals surface area (Å²) < 4.78 is 9.61. The first kappa shape index (κ1) is 18.7. The normalized spacial score (nSPS) is 10.7. The molecule has 0 aliphatic carbocycles. The molecule has 0 atom stereocenters. The second kappa shape index (κ2) is 9.58. The maximum atomic E-state index is 12.1. The summed E-state index contributed by atoms with van der Waals surface area (Å²) in [6.07, 6.45) is 0.577. The molecule has 1 aromatic carbocycles. The average molecular weight is 345 g/mol. The summed E-state index contributed by atoms with van der Waals surface area (Å²) in [5.41, 5.74) is 1.12. The molecule has 0 saturated carbocycles. The van der Waals surface area contributed by atoms with Gasteiger partial charge in [-0.05, 0) is 12.5 Å². The highest BCUT2D eigenvalue weighted by Gasteiger charge is 2.12. The first-order valence-electron chi connectivity index (χ1n) is 8.13. The van der Waals surface area contributed by atoms with Crippen molar-refractivity contribution < 1.29 is 18.8 Å². The molecule has 0 saturated heterocycles. The second-order valence-electron chi connectivity index (χ2n) is 5.71. The Morgan fingerprint density at radius 2 is 1.92 bits per heavy atom. The lowest BCUT2D eigenvalue weighted by Crippen LogP contribution is -2.30. The van der Waals surface area contributed by atoms with Crippen molar-refractivity contribution >= 4 is 17.7 Å². The van der Waals surface area contributed by atoms with Gasteiger partial charge in [-0.3, -0.25) is 14.5 Å². The van der Waals surface area contributed by atoms with Crippen LogP contribution in [0, 0.1) is 6.92 Å². The van der Waals surface area contributed by atoms with Gasteiger partial charge in [0.1, 0.15) is 5.76 Å². The van der Waals surface area contributed by atoms with Gasteiger partial charge in [0.15, 0.2) is 5.82 Å². The van der Waals surface area contributed by atoms with Gasteiger partial charge in [0.25, 0.3) is 0 Å². The Hall–Kier alpha value is -2.67. The van der Waals surface area contributed by atoms with E-state index in [0.29, 0.717) is 37.6 Å². The summed E-state index contributed by atoms with van der Waals surface area (Å²) >= 11 is 0. The lowest BCUT2D eigenvalue weighted by molar-refractivity contribution is -0.141. The highest BCUT2D eigenvalue weighted by atomic mass is 16.5. The Kier molecular flexibility index (Phi) is 7.16. The van der Waals surface area contributed by atoms with E-state index in [0.717, 1.165) is 5.56 Å². The third-order valence-electron chi connectivity index (χ3n) is 3.66. The smallest absolute Gasteiger partial charge is 0.306 e. The van der Waals surface area contributed by atoms with Crippen LogP contribution in [0.1, 0.15) is 24.2 Å². The van der Waals surface area contributed by atoms with Gasteiger partial charge in [-0.25, -0.2) is 0 Å². The van der Waals surface area contributed by atoms with Gasteiger partial charge in [0.05, 0.1) is 13.5 Å². The van der Waals surface area contributed by atoms with E-state index in [1.54, 1.807) is 13.0 Å². The average Bonchev–Trinajstić information content (AvgIpc) is 3.02. The minimum Gasteiger partial charge on any atom is -0.469 e. The SMILES string of the molecule is COC(=O)CCN(CCC(=O)Nc1cc(C)on1)Cc1ccccc1. The number of anilines is 1. The van der Waals surface area contributed by atoms with Gasteiger partial charge in [0, 0.05) is 32.1 Å². The number of hydrogen-bond donors (Lipinski definition) is 1. The fourth-order valence-electron chi connectivity index (χ4n) is 2.35. The molecule has 7 heteroatoms. The van der Waals surface area contributed by atoms with Crippen molar-refractivity contribution in [1.29, 1.82) is 0 Å². The Labute approximate surface area is 146 Å². The molecule has 25 heavy (non-hydrogen) atoms. The minimum absolute atomic E-state index is 0.149. The van der Waals surface area contributed by atoms with Crippen LogP contribution < -0.4 is 5.32 Å². The number of carbonyl (C=O) groups is 2. The molecular weight excluding hydrogens is 322 g/mol. The quantitative estimate of drug-likeness (QED) is 0.703. The number of esters is 1. The van der Waals surface area contributed by atoms with E-state index in [1.807, 2.05) is 30.3 Å². The van der Waals surface area contributed by atoms with Crippen LogP contribution >= 0.6 is 0 Å². The molecular formula is C18H23N3O4. The Bertz CT molecular complexity index is 685. The number of ether oxygens (including phenoxy) is 1. The largest absolute Gasteiger partial charge is 0.469 e. The van der Waals surface area contributed by atoms with Gasteiger partial charge < -0.3 is 14.6 Å². The van der Waals surface area contributed by atoms with Crippen molar-refractivity contribution in [3.63, 3.8) is 0 Å². The molecule has 0 spiro atoms. The zero-order chi connectivity index (χ0) is 18.1. The summed E-state index contributed by atoms with van der Waals surface area (Å²) in [7, 11) is 1.37. The summed E-state index contributed by atoms with van der Waals surface area (Å²) in [6, 6.07) is 11.6. The third-order valence-corrected chi connectivity index (χ3v) is 3.66. The number of hydrogen-bond acceptors (Lipinski definition) is 6. The van der Waals surface area contributed by atoms with Crippen molar-refractivity contribution in [2.45, 2.75) is 26.3 Å². The van der Waals surface area contributed by atoms with E-state index >= 15 is 0 Å². The van der Waals surface area contributed by atoms with E-state index in [9.17, 15) is 9.59 Å². The van der Waals surface area contributed by atoms with Crippen LogP contribution in [-0.4, -0.2) is 42.1 Å². The zero-order valence-electron chi connectivity index (χ0n) is 14.5. The molecule has 1 amide bonds. The molecule has 1 aromatic heterocycles. The zero-order valence-corrected chi connectivity index (χ0v) is 14.5. The Morgan fingerprint density at radius 1 is 1.20 bits per heavy atom. The topological polar surface area (TPSA) is 84.7 Å². The lowest BCUT2D eigenvalue weighted by Gasteiger charge is -2.21. The molecule has 0 aliphatic rings. The number of methoxy groups -OCH3 is 1. The van der Waals surface area contributed by atoms with Crippen molar-refractivity contribution in [3.8, 4) is 0 Å².